The molecule has 0 saturated carbocycles. The molecule has 0 radical (unpaired) electrons. The molecule has 0 fully saturated rings. The van der Waals surface area contributed by atoms with E-state index in [1.54, 1.807) is 0 Å². The predicted octanol–water partition coefficient (Wildman–Crippen LogP) is 0.266. The van der Waals surface area contributed by atoms with Crippen molar-refractivity contribution in [2.24, 2.45) is 0 Å². The smallest absolute Gasteiger partial charge is 0.256 e. The van der Waals surface area contributed by atoms with Gasteiger partial charge in [0.25, 0.3) is 5.91 Å². The van der Waals surface area contributed by atoms with Gasteiger partial charge in [0, 0.05) is 31.1 Å². The molecule has 0 aliphatic carbocycles. The summed E-state index contributed by atoms with van der Waals surface area (Å²) in [4.78, 5) is 25.8. The van der Waals surface area contributed by atoms with Crippen LogP contribution in [0.4, 0.5) is 0 Å². The minimum Gasteiger partial charge on any atom is -0.396 e. The Morgan fingerprint density at radius 3 is 2.94 bits per heavy atom. The van der Waals surface area contributed by atoms with Gasteiger partial charge in [0.2, 0.25) is 0 Å². The fourth-order valence-corrected chi connectivity index (χ4v) is 1.39. The molecule has 1 aromatic heterocycles. The summed E-state index contributed by atoms with van der Waals surface area (Å²) >= 11 is 0. The van der Waals surface area contributed by atoms with E-state index in [2.05, 4.69) is 10.3 Å². The number of aromatic amines is 1. The number of aromatic nitrogens is 1. The Kier molecular flexibility index (Phi) is 4.72. The molecule has 16 heavy (non-hydrogen) atoms. The normalized spacial score (nSPS) is 12.1. The zero-order valence-electron chi connectivity index (χ0n) is 9.19. The summed E-state index contributed by atoms with van der Waals surface area (Å²) in [6.07, 6.45) is 4.07. The highest BCUT2D eigenvalue weighted by Gasteiger charge is 2.13. The lowest BCUT2D eigenvalue weighted by molar-refractivity contribution is 0.0927. The molecule has 1 atom stereocenters. The molecule has 88 valence electrons. The third-order valence-corrected chi connectivity index (χ3v) is 2.37. The van der Waals surface area contributed by atoms with Gasteiger partial charge in [0.1, 0.15) is 5.56 Å². The Hall–Kier alpha value is -1.62. The predicted molar refractivity (Wildman–Crippen MR) is 60.3 cm³/mol. The van der Waals surface area contributed by atoms with Gasteiger partial charge in [-0.25, -0.2) is 0 Å². The van der Waals surface area contributed by atoms with Crippen LogP contribution >= 0.6 is 0 Å². The van der Waals surface area contributed by atoms with Gasteiger partial charge >= 0.3 is 0 Å². The lowest BCUT2D eigenvalue weighted by Gasteiger charge is -2.15. The highest BCUT2D eigenvalue weighted by molar-refractivity contribution is 5.93. The highest BCUT2D eigenvalue weighted by atomic mass is 16.3. The molecule has 1 heterocycles. The number of H-pyrrole nitrogens is 1. The van der Waals surface area contributed by atoms with Crippen molar-refractivity contribution >= 4 is 5.91 Å². The first-order chi connectivity index (χ1) is 7.69. The number of amides is 1. The number of aliphatic hydroxyl groups is 1. The summed E-state index contributed by atoms with van der Waals surface area (Å²) in [5, 5.41) is 11.5. The van der Waals surface area contributed by atoms with E-state index in [0.29, 0.717) is 6.42 Å². The maximum absolute atomic E-state index is 11.7. The third-order valence-electron chi connectivity index (χ3n) is 2.37. The van der Waals surface area contributed by atoms with E-state index in [1.807, 2.05) is 6.92 Å². The summed E-state index contributed by atoms with van der Waals surface area (Å²) in [6, 6.07) is 1.21. The minimum atomic E-state index is -0.401. The zero-order chi connectivity index (χ0) is 12.0. The van der Waals surface area contributed by atoms with Crippen LogP contribution in [0, 0.1) is 0 Å². The lowest BCUT2D eigenvalue weighted by atomic mass is 10.1. The quantitative estimate of drug-likeness (QED) is 0.671. The van der Waals surface area contributed by atoms with Crippen molar-refractivity contribution in [3.8, 4) is 0 Å². The van der Waals surface area contributed by atoms with Gasteiger partial charge in [-0.05, 0) is 12.8 Å². The second kappa shape index (κ2) is 6.07. The number of aliphatic hydroxyl groups excluding tert-OH is 1. The minimum absolute atomic E-state index is 0.0178. The SMILES string of the molecule is CCC(CCO)NC(=O)c1c[nH]ccc1=O. The second-order valence-electron chi connectivity index (χ2n) is 3.51. The number of carbonyl (C=O) groups excluding carboxylic acids is 1. The van der Waals surface area contributed by atoms with Crippen molar-refractivity contribution < 1.29 is 9.90 Å². The average Bonchev–Trinajstić information content (AvgIpc) is 2.28. The van der Waals surface area contributed by atoms with Gasteiger partial charge in [0.05, 0.1) is 0 Å². The lowest BCUT2D eigenvalue weighted by Crippen LogP contribution is -2.37. The van der Waals surface area contributed by atoms with E-state index in [-0.39, 0.29) is 23.6 Å². The molecular formula is C11H16N2O3. The van der Waals surface area contributed by atoms with Crippen LogP contribution in [-0.4, -0.2) is 28.6 Å². The molecular weight excluding hydrogens is 208 g/mol. The largest absolute Gasteiger partial charge is 0.396 e. The average molecular weight is 224 g/mol. The van der Waals surface area contributed by atoms with Gasteiger partial charge in [-0.3, -0.25) is 9.59 Å². The Bertz CT molecular complexity index is 400. The van der Waals surface area contributed by atoms with E-state index < -0.39 is 5.91 Å². The number of nitrogens with one attached hydrogen (secondary N) is 2. The third kappa shape index (κ3) is 3.20. The molecule has 3 N–H and O–H groups in total. The summed E-state index contributed by atoms with van der Waals surface area (Å²) in [7, 11) is 0. The van der Waals surface area contributed by atoms with Crippen molar-refractivity contribution in [2.75, 3.05) is 6.61 Å². The van der Waals surface area contributed by atoms with Crippen LogP contribution in [0.25, 0.3) is 0 Å². The zero-order valence-corrected chi connectivity index (χ0v) is 9.19. The number of pyridine rings is 1. The molecule has 0 bridgehead atoms. The monoisotopic (exact) mass is 224 g/mol. The number of carbonyl (C=O) groups is 1. The molecule has 0 saturated heterocycles. The number of hydrogen-bond donors (Lipinski definition) is 3. The van der Waals surface area contributed by atoms with E-state index >= 15 is 0 Å². The summed E-state index contributed by atoms with van der Waals surface area (Å²) < 4.78 is 0. The Morgan fingerprint density at radius 2 is 2.38 bits per heavy atom. The second-order valence-corrected chi connectivity index (χ2v) is 3.51. The van der Waals surface area contributed by atoms with Crippen LogP contribution < -0.4 is 10.7 Å². The molecule has 1 amide bonds. The van der Waals surface area contributed by atoms with Crippen LogP contribution in [0.5, 0.6) is 0 Å². The molecule has 5 heteroatoms. The molecule has 1 rings (SSSR count). The molecule has 0 aliphatic heterocycles. The van der Waals surface area contributed by atoms with Gasteiger partial charge < -0.3 is 15.4 Å². The van der Waals surface area contributed by atoms with E-state index in [1.165, 1.54) is 18.5 Å². The van der Waals surface area contributed by atoms with Crippen molar-refractivity contribution in [3.63, 3.8) is 0 Å². The molecule has 1 aromatic rings. The van der Waals surface area contributed by atoms with Crippen LogP contribution in [0.2, 0.25) is 0 Å². The first kappa shape index (κ1) is 12.4. The van der Waals surface area contributed by atoms with Crippen LogP contribution in [-0.2, 0) is 0 Å². The van der Waals surface area contributed by atoms with Crippen molar-refractivity contribution in [1.82, 2.24) is 10.3 Å². The maximum atomic E-state index is 11.7. The highest BCUT2D eigenvalue weighted by Crippen LogP contribution is 1.98. The first-order valence-corrected chi connectivity index (χ1v) is 5.27. The molecule has 0 spiro atoms. The van der Waals surface area contributed by atoms with Gasteiger partial charge in [0.15, 0.2) is 5.43 Å². The molecule has 0 aromatic carbocycles. The van der Waals surface area contributed by atoms with E-state index in [0.717, 1.165) is 6.42 Å². The van der Waals surface area contributed by atoms with Crippen molar-refractivity contribution in [2.45, 2.75) is 25.8 Å². The number of rotatable bonds is 5. The molecule has 5 nitrogen and oxygen atoms in total. The Labute approximate surface area is 93.5 Å². The van der Waals surface area contributed by atoms with Crippen LogP contribution in [0.15, 0.2) is 23.3 Å². The molecule has 0 aliphatic rings. The van der Waals surface area contributed by atoms with Crippen LogP contribution in [0.3, 0.4) is 0 Å². The summed E-state index contributed by atoms with van der Waals surface area (Å²) in [5.41, 5.74) is -0.214. The first-order valence-electron chi connectivity index (χ1n) is 5.27. The van der Waals surface area contributed by atoms with Gasteiger partial charge in [-0.15, -0.1) is 0 Å². The Balaban J connectivity index is 2.72. The number of hydrogen-bond acceptors (Lipinski definition) is 3. The van der Waals surface area contributed by atoms with Crippen molar-refractivity contribution in [3.05, 3.63) is 34.2 Å². The topological polar surface area (TPSA) is 82.2 Å². The molecule has 1 unspecified atom stereocenters. The van der Waals surface area contributed by atoms with E-state index in [4.69, 9.17) is 5.11 Å². The van der Waals surface area contributed by atoms with Gasteiger partial charge in [-0.2, -0.15) is 0 Å². The Morgan fingerprint density at radius 1 is 1.62 bits per heavy atom. The van der Waals surface area contributed by atoms with Crippen molar-refractivity contribution in [1.29, 1.82) is 0 Å². The standard InChI is InChI=1S/C11H16N2O3/c1-2-8(4-6-14)13-11(16)9-7-12-5-3-10(9)15/h3,5,7-8,14H,2,4,6H2,1H3,(H,12,15)(H,13,16). The fraction of sp³-hybridized carbons (Fsp3) is 0.455. The maximum Gasteiger partial charge on any atom is 0.256 e. The van der Waals surface area contributed by atoms with Crippen LogP contribution in [0.1, 0.15) is 30.1 Å². The summed E-state index contributed by atoms with van der Waals surface area (Å²) in [6.45, 7) is 1.93. The summed E-state index contributed by atoms with van der Waals surface area (Å²) in [5.74, 6) is -0.401. The fourth-order valence-electron chi connectivity index (χ4n) is 1.39. The van der Waals surface area contributed by atoms with E-state index in [9.17, 15) is 9.59 Å². The van der Waals surface area contributed by atoms with Gasteiger partial charge in [-0.1, -0.05) is 6.92 Å².